The number of carbonyl (C=O) groups is 1. The Morgan fingerprint density at radius 3 is 2.68 bits per heavy atom. The molecule has 0 saturated heterocycles. The maximum Gasteiger partial charge on any atom is 0.271 e. The molecule has 0 saturated carbocycles. The smallest absolute Gasteiger partial charge is 0.271 e. The van der Waals surface area contributed by atoms with Gasteiger partial charge >= 0.3 is 0 Å². The molecule has 0 spiro atoms. The normalized spacial score (nSPS) is 15.1. The molecule has 1 amide bonds. The molecule has 0 bridgehead atoms. The van der Waals surface area contributed by atoms with Crippen LogP contribution in [0.4, 0.5) is 17.1 Å². The van der Waals surface area contributed by atoms with Crippen LogP contribution in [0, 0.1) is 10.1 Å². The maximum atomic E-state index is 12.2. The molecule has 0 aromatic heterocycles. The number of nitrogens with zero attached hydrogens (tertiary/aromatic N) is 3. The largest absolute Gasteiger partial charge is 0.307 e. The molecule has 0 N–H and O–H groups in total. The quantitative estimate of drug-likeness (QED) is 0.606. The van der Waals surface area contributed by atoms with Crippen LogP contribution in [-0.4, -0.2) is 22.6 Å². The monoisotopic (exact) mass is 261 g/mol. The predicted octanol–water partition coefficient (Wildman–Crippen LogP) is 2.83. The molecule has 19 heavy (non-hydrogen) atoms. The van der Waals surface area contributed by atoms with E-state index in [0.29, 0.717) is 17.1 Å². The van der Waals surface area contributed by atoms with E-state index in [4.69, 9.17) is 0 Å². The number of nitro groups is 1. The molecule has 0 radical (unpaired) electrons. The van der Waals surface area contributed by atoms with E-state index in [-0.39, 0.29) is 24.1 Å². The van der Waals surface area contributed by atoms with Crippen molar-refractivity contribution in [2.45, 2.75) is 33.2 Å². The second kappa shape index (κ2) is 4.79. The Morgan fingerprint density at radius 1 is 1.42 bits per heavy atom. The fraction of sp³-hybridized carbons (Fsp3) is 0.385. The minimum absolute atomic E-state index is 0.0196. The van der Waals surface area contributed by atoms with Gasteiger partial charge in [0.25, 0.3) is 5.69 Å². The number of amides is 1. The fourth-order valence-corrected chi connectivity index (χ4v) is 2.17. The Morgan fingerprint density at radius 2 is 2.11 bits per heavy atom. The van der Waals surface area contributed by atoms with Gasteiger partial charge in [0, 0.05) is 23.9 Å². The summed E-state index contributed by atoms with van der Waals surface area (Å²) in [6.07, 6.45) is 0.237. The summed E-state index contributed by atoms with van der Waals surface area (Å²) in [6.45, 7) is 5.57. The lowest BCUT2D eigenvalue weighted by Crippen LogP contribution is -2.37. The van der Waals surface area contributed by atoms with Crippen LogP contribution in [0.5, 0.6) is 0 Å². The second-order valence-corrected chi connectivity index (χ2v) is 4.81. The second-order valence-electron chi connectivity index (χ2n) is 4.81. The highest BCUT2D eigenvalue weighted by atomic mass is 16.6. The van der Waals surface area contributed by atoms with Crippen LogP contribution >= 0.6 is 0 Å². The Kier molecular flexibility index (Phi) is 3.33. The number of rotatable bonds is 2. The molecule has 2 rings (SSSR count). The fourth-order valence-electron chi connectivity index (χ4n) is 2.17. The number of anilines is 1. The molecule has 6 nitrogen and oxygen atoms in total. The van der Waals surface area contributed by atoms with Crippen LogP contribution in [0.25, 0.3) is 0 Å². The summed E-state index contributed by atoms with van der Waals surface area (Å²) >= 11 is 0. The van der Waals surface area contributed by atoms with Gasteiger partial charge in [0.1, 0.15) is 0 Å². The molecular formula is C13H15N3O3. The summed E-state index contributed by atoms with van der Waals surface area (Å²) in [7, 11) is 0. The van der Waals surface area contributed by atoms with Crippen LogP contribution < -0.4 is 4.90 Å². The average Bonchev–Trinajstić information content (AvgIpc) is 2.41. The van der Waals surface area contributed by atoms with E-state index in [1.54, 1.807) is 17.9 Å². The van der Waals surface area contributed by atoms with Gasteiger partial charge in [-0.2, -0.15) is 0 Å². The lowest BCUT2D eigenvalue weighted by atomic mass is 10.2. The van der Waals surface area contributed by atoms with Crippen LogP contribution in [0.3, 0.4) is 0 Å². The minimum atomic E-state index is -0.461. The van der Waals surface area contributed by atoms with E-state index in [9.17, 15) is 14.9 Å². The third-order valence-electron chi connectivity index (χ3n) is 2.93. The van der Waals surface area contributed by atoms with Crippen LogP contribution in [0.1, 0.15) is 27.2 Å². The highest BCUT2D eigenvalue weighted by Crippen LogP contribution is 2.36. The first-order valence-corrected chi connectivity index (χ1v) is 6.05. The molecule has 1 aliphatic heterocycles. The van der Waals surface area contributed by atoms with E-state index in [2.05, 4.69) is 4.99 Å². The Labute approximate surface area is 110 Å². The van der Waals surface area contributed by atoms with Gasteiger partial charge in [-0.05, 0) is 26.8 Å². The van der Waals surface area contributed by atoms with Crippen molar-refractivity contribution in [2.24, 2.45) is 4.99 Å². The lowest BCUT2D eigenvalue weighted by molar-refractivity contribution is -0.384. The first-order chi connectivity index (χ1) is 8.90. The summed E-state index contributed by atoms with van der Waals surface area (Å²) in [5, 5.41) is 10.8. The zero-order valence-electron chi connectivity index (χ0n) is 11.1. The number of benzene rings is 1. The van der Waals surface area contributed by atoms with Crippen molar-refractivity contribution < 1.29 is 9.72 Å². The van der Waals surface area contributed by atoms with Gasteiger partial charge in [0.2, 0.25) is 5.91 Å². The van der Waals surface area contributed by atoms with E-state index in [1.807, 2.05) is 13.8 Å². The molecular weight excluding hydrogens is 246 g/mol. The van der Waals surface area contributed by atoms with Crippen LogP contribution in [0.15, 0.2) is 23.2 Å². The van der Waals surface area contributed by atoms with Gasteiger partial charge in [-0.15, -0.1) is 0 Å². The Balaban J connectivity index is 2.61. The molecule has 1 aromatic rings. The van der Waals surface area contributed by atoms with Crippen molar-refractivity contribution in [3.8, 4) is 0 Å². The molecule has 1 aliphatic rings. The molecule has 0 atom stereocenters. The topological polar surface area (TPSA) is 75.8 Å². The zero-order valence-corrected chi connectivity index (χ0v) is 11.1. The Bertz CT molecular complexity index is 578. The van der Waals surface area contributed by atoms with Crippen LogP contribution in [-0.2, 0) is 4.79 Å². The van der Waals surface area contributed by atoms with Crippen molar-refractivity contribution in [1.29, 1.82) is 0 Å². The van der Waals surface area contributed by atoms with Crippen molar-refractivity contribution in [1.82, 2.24) is 0 Å². The van der Waals surface area contributed by atoms with E-state index < -0.39 is 4.92 Å². The molecule has 6 heteroatoms. The van der Waals surface area contributed by atoms with Crippen molar-refractivity contribution in [3.63, 3.8) is 0 Å². The number of fused-ring (bicyclic) bond motifs is 1. The molecule has 1 aromatic carbocycles. The lowest BCUT2D eigenvalue weighted by Gasteiger charge is -2.26. The summed E-state index contributed by atoms with van der Waals surface area (Å²) < 4.78 is 0. The maximum absolute atomic E-state index is 12.2. The Hall–Kier alpha value is -2.24. The van der Waals surface area contributed by atoms with Gasteiger partial charge < -0.3 is 4.90 Å². The van der Waals surface area contributed by atoms with Crippen molar-refractivity contribution in [2.75, 3.05) is 4.90 Å². The van der Waals surface area contributed by atoms with Gasteiger partial charge in [-0.25, -0.2) is 0 Å². The van der Waals surface area contributed by atoms with Gasteiger partial charge in [0.05, 0.1) is 22.7 Å². The SMILES string of the molecule is CC1=Nc2cc([N+](=O)[O-])ccc2N(C(C)C)C(=O)C1. The van der Waals surface area contributed by atoms with Crippen molar-refractivity contribution >= 4 is 28.7 Å². The third kappa shape index (κ3) is 2.47. The van der Waals surface area contributed by atoms with Gasteiger partial charge in [-0.1, -0.05) is 0 Å². The number of nitro benzene ring substituents is 1. The van der Waals surface area contributed by atoms with E-state index >= 15 is 0 Å². The summed E-state index contributed by atoms with van der Waals surface area (Å²) in [4.78, 5) is 28.5. The summed E-state index contributed by atoms with van der Waals surface area (Å²) in [5.74, 6) is -0.0381. The number of carbonyl (C=O) groups excluding carboxylic acids is 1. The summed E-state index contributed by atoms with van der Waals surface area (Å²) in [5.41, 5.74) is 1.75. The standard InChI is InChI=1S/C13H15N3O3/c1-8(2)15-12-5-4-10(16(18)19)7-11(12)14-9(3)6-13(15)17/h4-5,7-8H,6H2,1-3H3. The molecule has 0 unspecified atom stereocenters. The molecule has 0 fully saturated rings. The number of hydrogen-bond donors (Lipinski definition) is 0. The van der Waals surface area contributed by atoms with E-state index in [0.717, 1.165) is 0 Å². The highest BCUT2D eigenvalue weighted by Gasteiger charge is 2.26. The molecule has 1 heterocycles. The number of non-ortho nitro benzene ring substituents is 1. The van der Waals surface area contributed by atoms with E-state index in [1.165, 1.54) is 12.1 Å². The third-order valence-corrected chi connectivity index (χ3v) is 2.93. The predicted molar refractivity (Wildman–Crippen MR) is 73.1 cm³/mol. The number of hydrogen-bond acceptors (Lipinski definition) is 4. The average molecular weight is 261 g/mol. The number of aliphatic imine (C=N–C) groups is 1. The first kappa shape index (κ1) is 13.2. The zero-order chi connectivity index (χ0) is 14.2. The van der Waals surface area contributed by atoms with Gasteiger partial charge in [-0.3, -0.25) is 19.9 Å². The van der Waals surface area contributed by atoms with Crippen LogP contribution in [0.2, 0.25) is 0 Å². The summed E-state index contributed by atoms with van der Waals surface area (Å²) in [6, 6.07) is 4.38. The first-order valence-electron chi connectivity index (χ1n) is 6.05. The van der Waals surface area contributed by atoms with Gasteiger partial charge in [0.15, 0.2) is 0 Å². The molecule has 100 valence electrons. The minimum Gasteiger partial charge on any atom is -0.307 e. The highest BCUT2D eigenvalue weighted by molar-refractivity contribution is 6.11. The molecule has 0 aliphatic carbocycles. The van der Waals surface area contributed by atoms with Crippen molar-refractivity contribution in [3.05, 3.63) is 28.3 Å².